The van der Waals surface area contributed by atoms with E-state index in [2.05, 4.69) is 20.9 Å². The quantitative estimate of drug-likeness (QED) is 0.406. The monoisotopic (exact) mass is 429 g/mol. The number of nitrogens with zero attached hydrogens (tertiary/aromatic N) is 1. The van der Waals surface area contributed by atoms with Crippen LogP contribution in [0.25, 0.3) is 6.08 Å². The molecule has 7 heteroatoms. The molecular formula is C20H16BrNO5. The topological polar surface area (TPSA) is 74.2 Å². The Kier molecular flexibility index (Phi) is 5.71. The van der Waals surface area contributed by atoms with Gasteiger partial charge in [-0.1, -0.05) is 18.2 Å². The summed E-state index contributed by atoms with van der Waals surface area (Å²) in [4.78, 5) is 27.7. The van der Waals surface area contributed by atoms with Crippen LogP contribution in [0.1, 0.15) is 25.0 Å². The lowest BCUT2D eigenvalue weighted by molar-refractivity contribution is -0.132. The normalized spacial score (nSPS) is 14.7. The molecule has 2 aromatic carbocycles. The van der Waals surface area contributed by atoms with Gasteiger partial charge in [-0.3, -0.25) is 4.79 Å². The summed E-state index contributed by atoms with van der Waals surface area (Å²) < 4.78 is 16.5. The number of carbonyl (C=O) groups excluding carboxylic acids is 2. The van der Waals surface area contributed by atoms with Crippen LogP contribution in [0.4, 0.5) is 0 Å². The van der Waals surface area contributed by atoms with Gasteiger partial charge in [0.05, 0.1) is 11.1 Å². The number of hydrogen-bond acceptors (Lipinski definition) is 6. The zero-order valence-electron chi connectivity index (χ0n) is 14.7. The lowest BCUT2D eigenvalue weighted by Gasteiger charge is -2.12. The second-order valence-corrected chi connectivity index (χ2v) is 6.41. The van der Waals surface area contributed by atoms with Gasteiger partial charge in [-0.2, -0.15) is 0 Å². The SMILES string of the molecule is CCOc1cc(/C=C2/N=C(c3ccccc3)OC2=O)cc(Br)c1OC(C)=O. The standard InChI is InChI=1S/C20H16BrNO5/c1-3-25-17-11-13(9-15(21)18(17)26-12(2)23)10-16-20(24)27-19(22-16)14-7-5-4-6-8-14/h4-11H,3H2,1-2H3/b16-10+. The van der Waals surface area contributed by atoms with Crippen LogP contribution in [-0.4, -0.2) is 24.4 Å². The molecule has 0 bridgehead atoms. The summed E-state index contributed by atoms with van der Waals surface area (Å²) in [6.07, 6.45) is 1.59. The van der Waals surface area contributed by atoms with Crippen molar-refractivity contribution in [3.05, 3.63) is 63.8 Å². The molecule has 27 heavy (non-hydrogen) atoms. The van der Waals surface area contributed by atoms with Crippen molar-refractivity contribution in [2.75, 3.05) is 6.61 Å². The van der Waals surface area contributed by atoms with Gasteiger partial charge in [0.25, 0.3) is 0 Å². The molecule has 138 valence electrons. The summed E-state index contributed by atoms with van der Waals surface area (Å²) in [5.74, 6) is -0.0692. The van der Waals surface area contributed by atoms with E-state index in [4.69, 9.17) is 14.2 Å². The smallest absolute Gasteiger partial charge is 0.363 e. The Bertz CT molecular complexity index is 950. The van der Waals surface area contributed by atoms with Crippen molar-refractivity contribution in [3.8, 4) is 11.5 Å². The van der Waals surface area contributed by atoms with E-state index in [1.165, 1.54) is 6.92 Å². The van der Waals surface area contributed by atoms with Gasteiger partial charge in [0.2, 0.25) is 5.90 Å². The van der Waals surface area contributed by atoms with E-state index < -0.39 is 11.9 Å². The molecule has 1 aliphatic rings. The van der Waals surface area contributed by atoms with Gasteiger partial charge in [-0.25, -0.2) is 9.79 Å². The first-order chi connectivity index (χ1) is 13.0. The van der Waals surface area contributed by atoms with E-state index in [0.29, 0.717) is 22.4 Å². The zero-order valence-corrected chi connectivity index (χ0v) is 16.3. The van der Waals surface area contributed by atoms with Crippen molar-refractivity contribution in [2.45, 2.75) is 13.8 Å². The number of halogens is 1. The highest BCUT2D eigenvalue weighted by atomic mass is 79.9. The van der Waals surface area contributed by atoms with Crippen LogP contribution in [0.3, 0.4) is 0 Å². The van der Waals surface area contributed by atoms with E-state index in [1.54, 1.807) is 18.2 Å². The first-order valence-electron chi connectivity index (χ1n) is 8.20. The van der Waals surface area contributed by atoms with Gasteiger partial charge >= 0.3 is 11.9 Å². The molecule has 0 unspecified atom stereocenters. The number of rotatable bonds is 5. The molecule has 0 atom stereocenters. The number of benzene rings is 2. The molecule has 6 nitrogen and oxygen atoms in total. The average molecular weight is 430 g/mol. The Morgan fingerprint density at radius 3 is 2.67 bits per heavy atom. The highest BCUT2D eigenvalue weighted by molar-refractivity contribution is 9.10. The molecule has 0 radical (unpaired) electrons. The number of aliphatic imine (C=N–C) groups is 1. The van der Waals surface area contributed by atoms with E-state index >= 15 is 0 Å². The van der Waals surface area contributed by atoms with Crippen LogP contribution in [-0.2, 0) is 14.3 Å². The van der Waals surface area contributed by atoms with E-state index in [-0.39, 0.29) is 17.3 Å². The summed E-state index contributed by atoms with van der Waals surface area (Å²) in [6.45, 7) is 3.52. The van der Waals surface area contributed by atoms with Crippen molar-refractivity contribution < 1.29 is 23.8 Å². The van der Waals surface area contributed by atoms with Gasteiger partial charge in [0.1, 0.15) is 0 Å². The summed E-state index contributed by atoms with van der Waals surface area (Å²) in [6, 6.07) is 12.5. The Morgan fingerprint density at radius 1 is 1.26 bits per heavy atom. The molecule has 0 spiro atoms. The number of esters is 2. The maximum atomic E-state index is 12.2. The Morgan fingerprint density at radius 2 is 2.00 bits per heavy atom. The maximum absolute atomic E-state index is 12.2. The third-order valence-electron chi connectivity index (χ3n) is 3.52. The minimum absolute atomic E-state index is 0.170. The van der Waals surface area contributed by atoms with Crippen molar-refractivity contribution >= 4 is 39.8 Å². The molecule has 0 aliphatic carbocycles. The number of ether oxygens (including phenoxy) is 3. The van der Waals surface area contributed by atoms with Gasteiger partial charge in [-0.15, -0.1) is 0 Å². The van der Waals surface area contributed by atoms with Crippen LogP contribution < -0.4 is 9.47 Å². The van der Waals surface area contributed by atoms with Crippen LogP contribution in [0, 0.1) is 0 Å². The third kappa shape index (κ3) is 4.43. The molecule has 2 aromatic rings. The largest absolute Gasteiger partial charge is 0.490 e. The molecule has 0 saturated carbocycles. The first-order valence-corrected chi connectivity index (χ1v) is 9.00. The molecule has 1 heterocycles. The fraction of sp³-hybridized carbons (Fsp3) is 0.150. The van der Waals surface area contributed by atoms with Crippen LogP contribution >= 0.6 is 15.9 Å². The van der Waals surface area contributed by atoms with Crippen molar-refractivity contribution in [2.24, 2.45) is 4.99 Å². The van der Waals surface area contributed by atoms with E-state index in [9.17, 15) is 9.59 Å². The third-order valence-corrected chi connectivity index (χ3v) is 4.11. The molecular weight excluding hydrogens is 414 g/mol. The maximum Gasteiger partial charge on any atom is 0.363 e. The van der Waals surface area contributed by atoms with Crippen LogP contribution in [0.5, 0.6) is 11.5 Å². The zero-order chi connectivity index (χ0) is 19.4. The van der Waals surface area contributed by atoms with Gasteiger partial charge in [0.15, 0.2) is 17.2 Å². The minimum atomic E-state index is -0.535. The van der Waals surface area contributed by atoms with Gasteiger partial charge in [0, 0.05) is 12.5 Å². The lowest BCUT2D eigenvalue weighted by Crippen LogP contribution is -2.05. The predicted octanol–water partition coefficient (Wildman–Crippen LogP) is 4.12. The van der Waals surface area contributed by atoms with Gasteiger partial charge in [-0.05, 0) is 58.8 Å². The fourth-order valence-electron chi connectivity index (χ4n) is 2.45. The molecule has 0 aromatic heterocycles. The van der Waals surface area contributed by atoms with Crippen LogP contribution in [0.15, 0.2) is 57.6 Å². The van der Waals surface area contributed by atoms with E-state index in [1.807, 2.05) is 37.3 Å². The highest BCUT2D eigenvalue weighted by Crippen LogP contribution is 2.38. The number of carbonyl (C=O) groups is 2. The van der Waals surface area contributed by atoms with E-state index in [0.717, 1.165) is 5.56 Å². The Hall–Kier alpha value is -2.93. The van der Waals surface area contributed by atoms with Gasteiger partial charge < -0.3 is 14.2 Å². The van der Waals surface area contributed by atoms with Crippen molar-refractivity contribution in [1.82, 2.24) is 0 Å². The lowest BCUT2D eigenvalue weighted by atomic mass is 10.1. The Balaban J connectivity index is 1.97. The second-order valence-electron chi connectivity index (χ2n) is 5.56. The minimum Gasteiger partial charge on any atom is -0.490 e. The van der Waals surface area contributed by atoms with Crippen molar-refractivity contribution in [1.29, 1.82) is 0 Å². The average Bonchev–Trinajstić information content (AvgIpc) is 2.99. The first kappa shape index (κ1) is 18.8. The summed E-state index contributed by atoms with van der Waals surface area (Å²) in [5, 5.41) is 0. The van der Waals surface area contributed by atoms with Crippen molar-refractivity contribution in [3.63, 3.8) is 0 Å². The molecule has 0 fully saturated rings. The van der Waals surface area contributed by atoms with Crippen LogP contribution in [0.2, 0.25) is 0 Å². The Labute approximate surface area is 164 Å². The highest BCUT2D eigenvalue weighted by Gasteiger charge is 2.24. The number of cyclic esters (lactones) is 1. The molecule has 1 aliphatic heterocycles. The second kappa shape index (κ2) is 8.18. The summed E-state index contributed by atoms with van der Waals surface area (Å²) in [7, 11) is 0. The fourth-order valence-corrected chi connectivity index (χ4v) is 2.99. The number of hydrogen-bond donors (Lipinski definition) is 0. The molecule has 0 amide bonds. The predicted molar refractivity (Wildman–Crippen MR) is 104 cm³/mol. The molecule has 0 saturated heterocycles. The summed E-state index contributed by atoms with van der Waals surface area (Å²) in [5.41, 5.74) is 1.53. The molecule has 3 rings (SSSR count). The molecule has 0 N–H and O–H groups in total. The summed E-state index contributed by atoms with van der Waals surface area (Å²) >= 11 is 3.37.